The summed E-state index contributed by atoms with van der Waals surface area (Å²) in [6.07, 6.45) is 3.34. The van der Waals surface area contributed by atoms with Gasteiger partial charge in [-0.1, -0.05) is 20.3 Å². The van der Waals surface area contributed by atoms with Gasteiger partial charge in [0.05, 0.1) is 0 Å². The van der Waals surface area contributed by atoms with Crippen LogP contribution < -0.4 is 11.1 Å². The lowest BCUT2D eigenvalue weighted by atomic mass is 10.0. The Morgan fingerprint density at radius 3 is 2.57 bits per heavy atom. The smallest absolute Gasteiger partial charge is 0.251 e. The molecule has 118 valence electrons. The second-order valence-electron chi connectivity index (χ2n) is 5.70. The summed E-state index contributed by atoms with van der Waals surface area (Å²) < 4.78 is 0. The standard InChI is InChI=1S/C16H24N2OS.ClH/c1-11(2)20-14-8-6-12(7-9-14)16(19)18-15-5-3-4-13(15)10-17;/h6-9,11,13,15H,3-5,10,17H2,1-2H3,(H,18,19);1H. The average molecular weight is 329 g/mol. The number of nitrogens with two attached hydrogens (primary N) is 1. The minimum absolute atomic E-state index is 0. The zero-order valence-corrected chi connectivity index (χ0v) is 14.3. The van der Waals surface area contributed by atoms with E-state index < -0.39 is 0 Å². The number of carbonyl (C=O) groups is 1. The van der Waals surface area contributed by atoms with Gasteiger partial charge in [0, 0.05) is 21.8 Å². The summed E-state index contributed by atoms with van der Waals surface area (Å²) in [6, 6.07) is 8.11. The van der Waals surface area contributed by atoms with Gasteiger partial charge in [0.1, 0.15) is 0 Å². The zero-order chi connectivity index (χ0) is 14.5. The molecule has 0 aliphatic heterocycles. The predicted octanol–water partition coefficient (Wildman–Crippen LogP) is 3.47. The molecule has 0 bridgehead atoms. The molecule has 3 nitrogen and oxygen atoms in total. The van der Waals surface area contributed by atoms with Gasteiger partial charge in [0.25, 0.3) is 5.91 Å². The Bertz CT molecular complexity index is 450. The van der Waals surface area contributed by atoms with Gasteiger partial charge >= 0.3 is 0 Å². The molecule has 1 fully saturated rings. The lowest BCUT2D eigenvalue weighted by Gasteiger charge is -2.19. The van der Waals surface area contributed by atoms with E-state index in [9.17, 15) is 4.79 Å². The topological polar surface area (TPSA) is 55.1 Å². The van der Waals surface area contributed by atoms with Crippen molar-refractivity contribution in [2.24, 2.45) is 11.7 Å². The van der Waals surface area contributed by atoms with Gasteiger partial charge < -0.3 is 11.1 Å². The zero-order valence-electron chi connectivity index (χ0n) is 12.7. The van der Waals surface area contributed by atoms with Crippen molar-refractivity contribution >= 4 is 30.1 Å². The molecule has 3 N–H and O–H groups in total. The van der Waals surface area contributed by atoms with Crippen LogP contribution in [0.15, 0.2) is 29.2 Å². The van der Waals surface area contributed by atoms with Crippen molar-refractivity contribution in [3.05, 3.63) is 29.8 Å². The van der Waals surface area contributed by atoms with E-state index in [1.54, 1.807) is 0 Å². The molecule has 1 amide bonds. The van der Waals surface area contributed by atoms with E-state index in [1.807, 2.05) is 36.0 Å². The highest BCUT2D eigenvalue weighted by molar-refractivity contribution is 7.99. The summed E-state index contributed by atoms with van der Waals surface area (Å²) in [6.45, 7) is 4.99. The molecule has 0 spiro atoms. The van der Waals surface area contributed by atoms with Gasteiger partial charge in [0.15, 0.2) is 0 Å². The second-order valence-corrected chi connectivity index (χ2v) is 7.35. The lowest BCUT2D eigenvalue weighted by molar-refractivity contribution is 0.0928. The fourth-order valence-electron chi connectivity index (χ4n) is 2.72. The molecule has 1 saturated carbocycles. The van der Waals surface area contributed by atoms with Gasteiger partial charge in [-0.3, -0.25) is 4.79 Å². The van der Waals surface area contributed by atoms with Gasteiger partial charge in [0.2, 0.25) is 0 Å². The molecule has 1 aromatic rings. The normalized spacial score (nSPS) is 21.1. The molecular weight excluding hydrogens is 304 g/mol. The third-order valence-corrected chi connectivity index (χ3v) is 4.78. The average Bonchev–Trinajstić information content (AvgIpc) is 2.86. The van der Waals surface area contributed by atoms with E-state index in [1.165, 1.54) is 4.90 Å². The van der Waals surface area contributed by atoms with Gasteiger partial charge in [-0.15, -0.1) is 24.2 Å². The Labute approximate surface area is 137 Å². The third kappa shape index (κ3) is 5.20. The number of benzene rings is 1. The van der Waals surface area contributed by atoms with Gasteiger partial charge in [-0.2, -0.15) is 0 Å². The van der Waals surface area contributed by atoms with E-state index in [0.717, 1.165) is 24.8 Å². The van der Waals surface area contributed by atoms with Crippen LogP contribution in [0.4, 0.5) is 0 Å². The summed E-state index contributed by atoms with van der Waals surface area (Å²) in [4.78, 5) is 13.4. The summed E-state index contributed by atoms with van der Waals surface area (Å²) in [7, 11) is 0. The maximum Gasteiger partial charge on any atom is 0.251 e. The fraction of sp³-hybridized carbons (Fsp3) is 0.562. The first-order valence-corrected chi connectivity index (χ1v) is 8.25. The van der Waals surface area contributed by atoms with Crippen LogP contribution in [0, 0.1) is 5.92 Å². The van der Waals surface area contributed by atoms with Crippen LogP contribution in [-0.4, -0.2) is 23.7 Å². The first-order valence-electron chi connectivity index (χ1n) is 7.38. The van der Waals surface area contributed by atoms with E-state index >= 15 is 0 Å². The van der Waals surface area contributed by atoms with Crippen LogP contribution in [-0.2, 0) is 0 Å². The van der Waals surface area contributed by atoms with Crippen molar-refractivity contribution in [3.8, 4) is 0 Å². The van der Waals surface area contributed by atoms with Crippen LogP contribution >= 0.6 is 24.2 Å². The number of hydrogen-bond acceptors (Lipinski definition) is 3. The van der Waals surface area contributed by atoms with Crippen molar-refractivity contribution in [2.75, 3.05) is 6.54 Å². The maximum absolute atomic E-state index is 12.2. The highest BCUT2D eigenvalue weighted by Gasteiger charge is 2.27. The molecule has 0 radical (unpaired) electrons. The van der Waals surface area contributed by atoms with Gasteiger partial charge in [-0.05, 0) is 49.6 Å². The summed E-state index contributed by atoms with van der Waals surface area (Å²) in [5.74, 6) is 0.464. The largest absolute Gasteiger partial charge is 0.349 e. The van der Waals surface area contributed by atoms with E-state index in [2.05, 4.69) is 19.2 Å². The molecule has 2 rings (SSSR count). The number of amides is 1. The van der Waals surface area contributed by atoms with Crippen LogP contribution in [0.1, 0.15) is 43.5 Å². The number of nitrogens with one attached hydrogen (secondary N) is 1. The molecule has 0 aromatic heterocycles. The van der Waals surface area contributed by atoms with Crippen molar-refractivity contribution in [1.29, 1.82) is 0 Å². The van der Waals surface area contributed by atoms with Crippen molar-refractivity contribution < 1.29 is 4.79 Å². The fourth-order valence-corrected chi connectivity index (χ4v) is 3.56. The summed E-state index contributed by atoms with van der Waals surface area (Å²) >= 11 is 1.81. The molecule has 1 aliphatic rings. The Kier molecular flexibility index (Phi) is 7.57. The minimum Gasteiger partial charge on any atom is -0.349 e. The molecule has 1 aromatic carbocycles. The highest BCUT2D eigenvalue weighted by Crippen LogP contribution is 2.25. The minimum atomic E-state index is 0. The molecule has 0 saturated heterocycles. The molecule has 2 unspecified atom stereocenters. The Morgan fingerprint density at radius 1 is 1.33 bits per heavy atom. The quantitative estimate of drug-likeness (QED) is 0.814. The lowest BCUT2D eigenvalue weighted by Crippen LogP contribution is -2.39. The van der Waals surface area contributed by atoms with Crippen molar-refractivity contribution in [1.82, 2.24) is 5.32 Å². The SMILES string of the molecule is CC(C)Sc1ccc(C(=O)NC2CCCC2CN)cc1.Cl. The van der Waals surface area contributed by atoms with Crippen LogP contribution in [0.25, 0.3) is 0 Å². The highest BCUT2D eigenvalue weighted by atomic mass is 35.5. The summed E-state index contributed by atoms with van der Waals surface area (Å²) in [5.41, 5.74) is 6.49. The van der Waals surface area contributed by atoms with E-state index in [4.69, 9.17) is 5.73 Å². The van der Waals surface area contributed by atoms with E-state index in [0.29, 0.717) is 17.7 Å². The maximum atomic E-state index is 12.2. The second kappa shape index (κ2) is 8.66. The first kappa shape index (κ1) is 18.3. The molecular formula is C16H25ClN2OS. The number of carbonyl (C=O) groups excluding carboxylic acids is 1. The predicted molar refractivity (Wildman–Crippen MR) is 92.3 cm³/mol. The number of rotatable bonds is 5. The van der Waals surface area contributed by atoms with Gasteiger partial charge in [-0.25, -0.2) is 0 Å². The van der Waals surface area contributed by atoms with Crippen molar-refractivity contribution in [3.63, 3.8) is 0 Å². The Hall–Kier alpha value is -0.710. The van der Waals surface area contributed by atoms with Crippen LogP contribution in [0.2, 0.25) is 0 Å². The number of thioether (sulfide) groups is 1. The van der Waals surface area contributed by atoms with Crippen LogP contribution in [0.3, 0.4) is 0 Å². The first-order chi connectivity index (χ1) is 9.60. The molecule has 0 heterocycles. The molecule has 2 atom stereocenters. The molecule has 1 aliphatic carbocycles. The summed E-state index contributed by atoms with van der Waals surface area (Å²) in [5, 5.41) is 3.68. The van der Waals surface area contributed by atoms with Crippen molar-refractivity contribution in [2.45, 2.75) is 49.3 Å². The third-order valence-electron chi connectivity index (χ3n) is 3.77. The molecule has 5 heteroatoms. The van der Waals surface area contributed by atoms with E-state index in [-0.39, 0.29) is 24.4 Å². The Balaban J connectivity index is 0.00000220. The monoisotopic (exact) mass is 328 g/mol. The number of halogens is 1. The molecule has 21 heavy (non-hydrogen) atoms. The van der Waals surface area contributed by atoms with Crippen LogP contribution in [0.5, 0.6) is 0 Å². The Morgan fingerprint density at radius 2 is 2.00 bits per heavy atom. The number of hydrogen-bond donors (Lipinski definition) is 2.